The number of rotatable bonds is 5. The van der Waals surface area contributed by atoms with Gasteiger partial charge in [0.2, 0.25) is 5.88 Å². The Kier molecular flexibility index (Phi) is 5.09. The van der Waals surface area contributed by atoms with Crippen molar-refractivity contribution in [1.82, 2.24) is 15.3 Å². The highest BCUT2D eigenvalue weighted by Gasteiger charge is 2.08. The van der Waals surface area contributed by atoms with Gasteiger partial charge in [0.25, 0.3) is 0 Å². The molecule has 2 amide bonds. The maximum absolute atomic E-state index is 11.9. The summed E-state index contributed by atoms with van der Waals surface area (Å²) in [7, 11) is 0. The molecule has 0 atom stereocenters. The van der Waals surface area contributed by atoms with Gasteiger partial charge in [0.05, 0.1) is 6.61 Å². The topological polar surface area (TPSA) is 76.1 Å². The van der Waals surface area contributed by atoms with E-state index in [9.17, 15) is 4.79 Å². The van der Waals surface area contributed by atoms with Gasteiger partial charge in [-0.15, -0.1) is 0 Å². The molecule has 0 aliphatic carbocycles. The molecule has 110 valence electrons. The molecule has 0 fully saturated rings. The monoisotopic (exact) mass is 286 g/mol. The molecule has 0 saturated heterocycles. The van der Waals surface area contributed by atoms with Gasteiger partial charge < -0.3 is 10.1 Å². The molecule has 0 unspecified atom stereocenters. The van der Waals surface area contributed by atoms with Crippen LogP contribution in [0.5, 0.6) is 5.88 Å². The number of carbonyl (C=O) groups excluding carboxylic acids is 1. The number of aromatic nitrogens is 2. The van der Waals surface area contributed by atoms with Crippen LogP contribution in [0.2, 0.25) is 0 Å². The summed E-state index contributed by atoms with van der Waals surface area (Å²) in [5.41, 5.74) is 1.73. The van der Waals surface area contributed by atoms with E-state index in [0.717, 1.165) is 11.1 Å². The van der Waals surface area contributed by atoms with Gasteiger partial charge in [-0.2, -0.15) is 0 Å². The summed E-state index contributed by atoms with van der Waals surface area (Å²) in [4.78, 5) is 20.1. The molecule has 2 aromatic rings. The SMILES string of the molecule is CCOc1ncccc1CNC(=O)Nc1ncccc1C. The van der Waals surface area contributed by atoms with Crippen molar-refractivity contribution in [2.45, 2.75) is 20.4 Å². The third kappa shape index (κ3) is 4.17. The zero-order chi connectivity index (χ0) is 15.1. The van der Waals surface area contributed by atoms with Crippen molar-refractivity contribution in [3.8, 4) is 5.88 Å². The molecular formula is C15H18N4O2. The van der Waals surface area contributed by atoms with Crippen molar-refractivity contribution < 1.29 is 9.53 Å². The van der Waals surface area contributed by atoms with Gasteiger partial charge in [0, 0.05) is 24.5 Å². The summed E-state index contributed by atoms with van der Waals surface area (Å²) in [6.07, 6.45) is 3.29. The summed E-state index contributed by atoms with van der Waals surface area (Å²) in [5.74, 6) is 1.08. The van der Waals surface area contributed by atoms with Crippen LogP contribution in [0.15, 0.2) is 36.7 Å². The van der Waals surface area contributed by atoms with Crippen molar-refractivity contribution in [2.75, 3.05) is 11.9 Å². The Morgan fingerprint density at radius 2 is 2.00 bits per heavy atom. The third-order valence-corrected chi connectivity index (χ3v) is 2.81. The molecular weight excluding hydrogens is 268 g/mol. The maximum Gasteiger partial charge on any atom is 0.320 e. The average Bonchev–Trinajstić information content (AvgIpc) is 2.49. The van der Waals surface area contributed by atoms with Crippen molar-refractivity contribution >= 4 is 11.8 Å². The first-order valence-electron chi connectivity index (χ1n) is 6.74. The number of pyridine rings is 2. The normalized spacial score (nSPS) is 10.0. The quantitative estimate of drug-likeness (QED) is 0.885. The summed E-state index contributed by atoms with van der Waals surface area (Å²) >= 11 is 0. The van der Waals surface area contributed by atoms with Gasteiger partial charge in [-0.25, -0.2) is 14.8 Å². The number of nitrogens with zero attached hydrogens (tertiary/aromatic N) is 2. The Morgan fingerprint density at radius 1 is 1.24 bits per heavy atom. The van der Waals surface area contributed by atoms with Crippen LogP contribution in [0, 0.1) is 6.92 Å². The molecule has 2 heterocycles. The van der Waals surface area contributed by atoms with Crippen LogP contribution in [-0.4, -0.2) is 22.6 Å². The molecule has 0 radical (unpaired) electrons. The third-order valence-electron chi connectivity index (χ3n) is 2.81. The van der Waals surface area contributed by atoms with Crippen LogP contribution in [0.3, 0.4) is 0 Å². The molecule has 0 aliphatic heterocycles. The predicted octanol–water partition coefficient (Wildman–Crippen LogP) is 2.51. The molecule has 0 bridgehead atoms. The minimum Gasteiger partial charge on any atom is -0.478 e. The maximum atomic E-state index is 11.9. The van der Waals surface area contributed by atoms with Gasteiger partial charge in [-0.1, -0.05) is 12.1 Å². The summed E-state index contributed by atoms with van der Waals surface area (Å²) in [6.45, 7) is 4.64. The zero-order valence-electron chi connectivity index (χ0n) is 12.1. The van der Waals surface area contributed by atoms with E-state index in [1.807, 2.05) is 32.0 Å². The largest absolute Gasteiger partial charge is 0.478 e. The van der Waals surface area contributed by atoms with E-state index in [4.69, 9.17) is 4.74 Å². The molecule has 2 N–H and O–H groups in total. The smallest absolute Gasteiger partial charge is 0.320 e. The highest BCUT2D eigenvalue weighted by atomic mass is 16.5. The number of anilines is 1. The van der Waals surface area contributed by atoms with E-state index >= 15 is 0 Å². The molecule has 2 rings (SSSR count). The standard InChI is InChI=1S/C15H18N4O2/c1-3-21-14-12(7-5-9-17-14)10-18-15(20)19-13-11(2)6-4-8-16-13/h4-9H,3,10H2,1-2H3,(H2,16,18,19,20). The summed E-state index contributed by atoms with van der Waals surface area (Å²) in [5, 5.41) is 5.47. The van der Waals surface area contributed by atoms with E-state index in [-0.39, 0.29) is 6.03 Å². The Morgan fingerprint density at radius 3 is 2.76 bits per heavy atom. The van der Waals surface area contributed by atoms with Crippen LogP contribution in [-0.2, 0) is 6.54 Å². The molecule has 0 saturated carbocycles. The molecule has 2 aromatic heterocycles. The second-order valence-electron chi connectivity index (χ2n) is 4.38. The number of ether oxygens (including phenoxy) is 1. The molecule has 0 aromatic carbocycles. The fourth-order valence-corrected chi connectivity index (χ4v) is 1.77. The highest BCUT2D eigenvalue weighted by molar-refractivity contribution is 5.88. The average molecular weight is 286 g/mol. The Labute approximate surface area is 123 Å². The second-order valence-corrected chi connectivity index (χ2v) is 4.38. The van der Waals surface area contributed by atoms with Crippen LogP contribution in [0.25, 0.3) is 0 Å². The zero-order valence-corrected chi connectivity index (χ0v) is 12.1. The Balaban J connectivity index is 1.94. The van der Waals surface area contributed by atoms with Crippen molar-refractivity contribution in [2.24, 2.45) is 0 Å². The fourth-order valence-electron chi connectivity index (χ4n) is 1.77. The molecule has 21 heavy (non-hydrogen) atoms. The van der Waals surface area contributed by atoms with Gasteiger partial charge in [-0.3, -0.25) is 5.32 Å². The Hall–Kier alpha value is -2.63. The minimum atomic E-state index is -0.317. The minimum absolute atomic E-state index is 0.317. The van der Waals surface area contributed by atoms with Crippen LogP contribution in [0.1, 0.15) is 18.1 Å². The number of nitrogens with one attached hydrogen (secondary N) is 2. The first-order valence-corrected chi connectivity index (χ1v) is 6.74. The number of urea groups is 1. The predicted molar refractivity (Wildman–Crippen MR) is 80.2 cm³/mol. The highest BCUT2D eigenvalue weighted by Crippen LogP contribution is 2.14. The van der Waals surface area contributed by atoms with Crippen LogP contribution < -0.4 is 15.4 Å². The van der Waals surface area contributed by atoms with Crippen molar-refractivity contribution in [3.05, 3.63) is 47.8 Å². The number of aryl methyl sites for hydroxylation is 1. The number of hydrogen-bond acceptors (Lipinski definition) is 4. The second kappa shape index (κ2) is 7.23. The first kappa shape index (κ1) is 14.8. The lowest BCUT2D eigenvalue weighted by Crippen LogP contribution is -2.29. The van der Waals surface area contributed by atoms with Crippen molar-refractivity contribution in [1.29, 1.82) is 0 Å². The van der Waals surface area contributed by atoms with Gasteiger partial charge >= 0.3 is 6.03 Å². The summed E-state index contributed by atoms with van der Waals surface area (Å²) < 4.78 is 5.41. The fraction of sp³-hybridized carbons (Fsp3) is 0.267. The van der Waals surface area contributed by atoms with Gasteiger partial charge in [-0.05, 0) is 31.5 Å². The van der Waals surface area contributed by atoms with Crippen molar-refractivity contribution in [3.63, 3.8) is 0 Å². The Bertz CT molecular complexity index is 616. The lowest BCUT2D eigenvalue weighted by Gasteiger charge is -2.11. The molecule has 0 spiro atoms. The molecule has 6 nitrogen and oxygen atoms in total. The van der Waals surface area contributed by atoms with E-state index in [2.05, 4.69) is 20.6 Å². The number of amides is 2. The number of carbonyl (C=O) groups is 1. The number of hydrogen-bond donors (Lipinski definition) is 2. The lowest BCUT2D eigenvalue weighted by atomic mass is 10.2. The lowest BCUT2D eigenvalue weighted by molar-refractivity contribution is 0.251. The summed E-state index contributed by atoms with van der Waals surface area (Å²) in [6, 6.07) is 7.06. The van der Waals surface area contributed by atoms with E-state index in [1.165, 1.54) is 0 Å². The van der Waals surface area contributed by atoms with Crippen LogP contribution in [0.4, 0.5) is 10.6 Å². The van der Waals surface area contributed by atoms with E-state index < -0.39 is 0 Å². The van der Waals surface area contributed by atoms with Gasteiger partial charge in [0.15, 0.2) is 0 Å². The van der Waals surface area contributed by atoms with Gasteiger partial charge in [0.1, 0.15) is 5.82 Å². The molecule has 6 heteroatoms. The first-order chi connectivity index (χ1) is 10.2. The van der Waals surface area contributed by atoms with E-state index in [0.29, 0.717) is 24.8 Å². The molecule has 0 aliphatic rings. The van der Waals surface area contributed by atoms with Crippen LogP contribution >= 0.6 is 0 Å². The van der Waals surface area contributed by atoms with E-state index in [1.54, 1.807) is 18.5 Å².